The van der Waals surface area contributed by atoms with Crippen molar-refractivity contribution < 1.29 is 95.3 Å². The average Bonchev–Trinajstić information content (AvgIpc) is 3.41. The van der Waals surface area contributed by atoms with Crippen LogP contribution in [0.2, 0.25) is 0 Å². The summed E-state index contributed by atoms with van der Waals surface area (Å²) in [7, 11) is 0. The number of hydrogen-bond acceptors (Lipinski definition) is 28. The molecule has 0 aromatic rings. The third-order valence-corrected chi connectivity index (χ3v) is 12.0. The molecule has 4 aliphatic rings. The lowest BCUT2D eigenvalue weighted by Crippen LogP contribution is -2.47. The number of nitrogens with one attached hydrogen (secondary N) is 2. The normalized spacial score (nSPS) is 16.4. The number of rotatable bonds is 33. The number of carbonyl (C=O) groups excluding carboxylic acids is 10. The van der Waals surface area contributed by atoms with Crippen LogP contribution >= 0.6 is 0 Å². The smallest absolute Gasteiger partial charge is 0.344 e. The van der Waals surface area contributed by atoms with Gasteiger partial charge in [0, 0.05) is 144 Å². The first-order valence-electron chi connectivity index (χ1n) is 25.1. The van der Waals surface area contributed by atoms with Crippen LogP contribution in [0.25, 0.3) is 0 Å². The Morgan fingerprint density at radius 3 is 0.692 bits per heavy atom. The van der Waals surface area contributed by atoms with Crippen molar-refractivity contribution in [2.45, 2.75) is 68.2 Å². The molecule has 0 aromatic heterocycles. The summed E-state index contributed by atoms with van der Waals surface area (Å²) in [6, 6.07) is 0. The number of piperazine rings is 4. The first-order chi connectivity index (χ1) is 35.8. The zero-order chi connectivity index (χ0) is 53.2. The van der Waals surface area contributed by atoms with Crippen molar-refractivity contribution in [2.75, 3.05) is 197 Å². The van der Waals surface area contributed by atoms with Gasteiger partial charge in [-0.3, -0.25) is 28.8 Å². The highest BCUT2D eigenvalue weighted by Crippen LogP contribution is 2.07. The van der Waals surface area contributed by atoms with Crippen molar-refractivity contribution in [2.24, 2.45) is 0 Å². The van der Waals surface area contributed by atoms with Crippen LogP contribution in [0.15, 0.2) is 0 Å². The molecule has 0 saturated carbocycles. The van der Waals surface area contributed by atoms with Crippen LogP contribution in [0.3, 0.4) is 0 Å². The number of ether oxygens (including phenoxy) is 10. The van der Waals surface area contributed by atoms with E-state index in [1.54, 1.807) is 0 Å². The van der Waals surface area contributed by atoms with Crippen molar-refractivity contribution in [1.82, 2.24) is 40.0 Å². The van der Waals surface area contributed by atoms with E-state index in [2.05, 4.69) is 30.2 Å². The SMILES string of the molecule is C.C.C.C.O=C(CCN1CCNCC1)OCOC(=O)CCN1CCN(CCC(=O)OCC(=O)OCC(=O)OCCOC(=O)COC(=O)COC(=O)CCN2CCN(CCC(=O)OCOC(=O)CCN3CCNCC3)CC2)CC1. The Morgan fingerprint density at radius 1 is 0.256 bits per heavy atom. The molecule has 2 N–H and O–H groups in total. The van der Waals surface area contributed by atoms with Gasteiger partial charge in [-0.15, -0.1) is 0 Å². The molecule has 4 aliphatic heterocycles. The zero-order valence-corrected chi connectivity index (χ0v) is 42.3. The summed E-state index contributed by atoms with van der Waals surface area (Å²) in [5.74, 6) is -6.94. The second-order valence-corrected chi connectivity index (χ2v) is 17.4. The Bertz CT molecular complexity index is 1660. The van der Waals surface area contributed by atoms with Crippen LogP contribution < -0.4 is 10.6 Å². The van der Waals surface area contributed by atoms with E-state index in [0.29, 0.717) is 91.6 Å². The molecule has 4 heterocycles. The van der Waals surface area contributed by atoms with Gasteiger partial charge in [-0.05, 0) is 0 Å². The molecule has 0 radical (unpaired) electrons. The topological polar surface area (TPSA) is 306 Å². The minimum atomic E-state index is -0.981. The molecule has 28 heteroatoms. The molecule has 0 spiro atoms. The first-order valence-corrected chi connectivity index (χ1v) is 25.1. The van der Waals surface area contributed by atoms with Crippen LogP contribution in [-0.2, 0) is 95.3 Å². The summed E-state index contributed by atoms with van der Waals surface area (Å²) in [5.41, 5.74) is 0. The van der Waals surface area contributed by atoms with Gasteiger partial charge >= 0.3 is 59.7 Å². The molecular formula is C50H90N8O20. The van der Waals surface area contributed by atoms with Gasteiger partial charge in [0.1, 0.15) is 13.2 Å². The molecule has 4 saturated heterocycles. The summed E-state index contributed by atoms with van der Waals surface area (Å²) in [5, 5.41) is 6.49. The lowest BCUT2D eigenvalue weighted by Gasteiger charge is -2.34. The van der Waals surface area contributed by atoms with Gasteiger partial charge in [-0.2, -0.15) is 0 Å². The van der Waals surface area contributed by atoms with E-state index in [1.165, 1.54) is 0 Å². The van der Waals surface area contributed by atoms with Crippen molar-refractivity contribution in [3.05, 3.63) is 0 Å². The number of hydrogen-bond donors (Lipinski definition) is 2. The largest absolute Gasteiger partial charge is 0.460 e. The maximum atomic E-state index is 12.2. The van der Waals surface area contributed by atoms with Crippen LogP contribution in [0.4, 0.5) is 0 Å². The molecule has 28 nitrogen and oxygen atoms in total. The molecule has 0 amide bonds. The molecule has 450 valence electrons. The Kier molecular flexibility index (Phi) is 40.2. The predicted molar refractivity (Wildman–Crippen MR) is 279 cm³/mol. The van der Waals surface area contributed by atoms with Crippen LogP contribution in [0, 0.1) is 0 Å². The molecule has 0 unspecified atom stereocenters. The molecule has 0 bridgehead atoms. The van der Waals surface area contributed by atoms with E-state index in [4.69, 9.17) is 47.4 Å². The Balaban J connectivity index is 0.0000148. The Morgan fingerprint density at radius 2 is 0.449 bits per heavy atom. The fourth-order valence-electron chi connectivity index (χ4n) is 7.63. The Hall–Kier alpha value is -5.62. The maximum absolute atomic E-state index is 12.2. The molecule has 0 aromatic carbocycles. The molecule has 78 heavy (non-hydrogen) atoms. The third-order valence-electron chi connectivity index (χ3n) is 12.0. The highest BCUT2D eigenvalue weighted by molar-refractivity contribution is 5.80. The quantitative estimate of drug-likeness (QED) is 0.0319. The summed E-state index contributed by atoms with van der Waals surface area (Å²) < 4.78 is 49.1. The van der Waals surface area contributed by atoms with Gasteiger partial charge in [-0.25, -0.2) is 19.2 Å². The average molecular weight is 1120 g/mol. The number of esters is 10. The van der Waals surface area contributed by atoms with E-state index in [1.807, 2.05) is 9.80 Å². The third kappa shape index (κ3) is 34.3. The van der Waals surface area contributed by atoms with E-state index in [-0.39, 0.29) is 68.2 Å². The minimum Gasteiger partial charge on any atom is -0.460 e. The molecule has 0 atom stereocenters. The van der Waals surface area contributed by atoms with Crippen LogP contribution in [0.5, 0.6) is 0 Å². The van der Waals surface area contributed by atoms with Crippen molar-refractivity contribution in [1.29, 1.82) is 0 Å². The van der Waals surface area contributed by atoms with Gasteiger partial charge in [0.15, 0.2) is 26.4 Å². The molecular weight excluding hydrogens is 1030 g/mol. The fourth-order valence-corrected chi connectivity index (χ4v) is 7.63. The van der Waals surface area contributed by atoms with Gasteiger partial charge in [0.2, 0.25) is 13.6 Å². The van der Waals surface area contributed by atoms with E-state index in [9.17, 15) is 47.9 Å². The molecule has 4 rings (SSSR count). The predicted octanol–water partition coefficient (Wildman–Crippen LogP) is -1.74. The summed E-state index contributed by atoms with van der Waals surface area (Å²) in [6.45, 7) is 10.5. The number of carbonyl (C=O) groups is 10. The highest BCUT2D eigenvalue weighted by Gasteiger charge is 2.22. The van der Waals surface area contributed by atoms with Gasteiger partial charge < -0.3 is 87.4 Å². The minimum absolute atomic E-state index is 0. The highest BCUT2D eigenvalue weighted by atomic mass is 16.7. The van der Waals surface area contributed by atoms with Gasteiger partial charge in [0.05, 0.1) is 38.5 Å². The molecule has 0 aliphatic carbocycles. The first kappa shape index (κ1) is 72.4. The maximum Gasteiger partial charge on any atom is 0.344 e. The monoisotopic (exact) mass is 1120 g/mol. The van der Waals surface area contributed by atoms with Crippen molar-refractivity contribution in [3.63, 3.8) is 0 Å². The van der Waals surface area contributed by atoms with Gasteiger partial charge in [-0.1, -0.05) is 29.7 Å². The second kappa shape index (κ2) is 43.3. The van der Waals surface area contributed by atoms with Crippen LogP contribution in [0.1, 0.15) is 68.2 Å². The fraction of sp³-hybridized carbons (Fsp3) is 0.800. The summed E-state index contributed by atoms with van der Waals surface area (Å²) >= 11 is 0. The van der Waals surface area contributed by atoms with Gasteiger partial charge in [0.25, 0.3) is 0 Å². The van der Waals surface area contributed by atoms with E-state index in [0.717, 1.165) is 52.4 Å². The zero-order valence-electron chi connectivity index (χ0n) is 42.3. The van der Waals surface area contributed by atoms with E-state index >= 15 is 0 Å². The van der Waals surface area contributed by atoms with Crippen molar-refractivity contribution >= 4 is 59.7 Å². The van der Waals surface area contributed by atoms with Crippen LogP contribution in [-0.4, -0.2) is 286 Å². The lowest BCUT2D eigenvalue weighted by atomic mass is 10.2. The van der Waals surface area contributed by atoms with Crippen molar-refractivity contribution in [3.8, 4) is 0 Å². The summed E-state index contributed by atoms with van der Waals surface area (Å²) in [6.07, 6.45) is 0.755. The Labute approximate surface area is 459 Å². The molecule has 4 fully saturated rings. The lowest BCUT2D eigenvalue weighted by molar-refractivity contribution is -0.169. The standard InChI is InChI=1S/C46H74N8O20.4CH4/c55-37(1-13-51-21-25-53(26-22-51)15-5-41(59)73-35-71-39(57)3-11-49-17-7-47-8-18-49)67-33-45(63)69-31-43(61)65-29-30-66-44(62)32-70-46(64)34-68-38(56)2-14-52-23-27-54(28-24-52)16-6-42(60)74-36-72-40(58)4-12-50-19-9-48-10-20-50;;;;/h47-48H,1-36H2;4*1H4. The summed E-state index contributed by atoms with van der Waals surface area (Å²) in [4.78, 5) is 133. The second-order valence-electron chi connectivity index (χ2n) is 17.4. The number of nitrogens with zero attached hydrogens (tertiary/aromatic N) is 6. The van der Waals surface area contributed by atoms with E-state index < -0.39 is 113 Å².